The zero-order chi connectivity index (χ0) is 63.0. The average molecular weight is 1240 g/mol. The molecule has 37 nitrogen and oxygen atoms in total. The molecule has 0 aromatic rings. The minimum atomic E-state index is -2.07. The largest absolute Gasteiger partial charge is 0.394 e. The van der Waals surface area contributed by atoms with Gasteiger partial charge in [-0.05, 0) is 0 Å². The third-order valence-electron chi connectivity index (χ3n) is 14.8. The van der Waals surface area contributed by atoms with Gasteiger partial charge in [0.1, 0.15) is 146 Å². The van der Waals surface area contributed by atoms with E-state index in [0.29, 0.717) is 0 Å². The fourth-order valence-electron chi connectivity index (χ4n) is 11.0. The van der Waals surface area contributed by atoms with Crippen molar-refractivity contribution in [2.45, 2.75) is 225 Å². The van der Waals surface area contributed by atoms with Crippen molar-refractivity contribution in [2.75, 3.05) is 39.6 Å². The van der Waals surface area contributed by atoms with Crippen LogP contribution >= 0.6 is 0 Å². The van der Waals surface area contributed by atoms with Crippen LogP contribution in [-0.4, -0.2) is 330 Å². The Balaban J connectivity index is 1.23. The molecule has 1 unspecified atom stereocenters. The Hall–Kier alpha value is -4.18. The average Bonchev–Trinajstić information content (AvgIpc) is 3.19. The van der Waals surface area contributed by atoms with E-state index in [-0.39, 0.29) is 0 Å². The first-order chi connectivity index (χ1) is 40.1. The second-order valence-electron chi connectivity index (χ2n) is 21.2. The Kier molecular flexibility index (Phi) is 25.4. The predicted molar refractivity (Wildman–Crippen MR) is 269 cm³/mol. The third-order valence-corrected chi connectivity index (χ3v) is 14.8. The number of aliphatic hydroxyl groups excluding tert-OH is 14. The number of rotatable bonds is 22. The smallest absolute Gasteiger partial charge is 0.217 e. The maximum atomic E-state index is 12.8. The van der Waals surface area contributed by atoms with Gasteiger partial charge < -0.3 is 155 Å². The van der Waals surface area contributed by atoms with Crippen molar-refractivity contribution in [2.24, 2.45) is 0 Å². The molecule has 0 aromatic heterocycles. The highest BCUT2D eigenvalue weighted by Gasteiger charge is 2.59. The molecule has 6 fully saturated rings. The maximum absolute atomic E-state index is 12.8. The summed E-state index contributed by atoms with van der Waals surface area (Å²) in [6.45, 7) is 0.406. The molecule has 6 amide bonds. The number of amides is 6. The lowest BCUT2D eigenvalue weighted by atomic mass is 9.92. The Bertz CT molecular complexity index is 2230. The van der Waals surface area contributed by atoms with Gasteiger partial charge in [-0.3, -0.25) is 28.8 Å². The van der Waals surface area contributed by atoms with Gasteiger partial charge in [0.15, 0.2) is 37.7 Å². The minimum absolute atomic E-state index is 0.705. The maximum Gasteiger partial charge on any atom is 0.217 e. The highest BCUT2D eigenvalue weighted by atomic mass is 16.8. The molecule has 0 saturated carbocycles. The quantitative estimate of drug-likeness (QED) is 0.0479. The van der Waals surface area contributed by atoms with Crippen LogP contribution in [0.2, 0.25) is 0 Å². The van der Waals surface area contributed by atoms with E-state index in [1.165, 1.54) is 0 Å². The molecule has 6 aliphatic heterocycles. The van der Waals surface area contributed by atoms with Crippen molar-refractivity contribution in [3.63, 3.8) is 0 Å². The number of ether oxygens (including phenoxy) is 11. The van der Waals surface area contributed by atoms with E-state index < -0.39 is 259 Å². The molecule has 0 spiro atoms. The van der Waals surface area contributed by atoms with Gasteiger partial charge in [0.25, 0.3) is 0 Å². The van der Waals surface area contributed by atoms with Crippen LogP contribution in [-0.2, 0) is 80.9 Å². The fourth-order valence-corrected chi connectivity index (χ4v) is 11.0. The molecular formula is C48H80N6O31. The van der Waals surface area contributed by atoms with Gasteiger partial charge in [0.2, 0.25) is 35.4 Å². The fraction of sp³-hybridized carbons (Fsp3) is 0.875. The van der Waals surface area contributed by atoms with Gasteiger partial charge in [-0.2, -0.15) is 0 Å². The zero-order valence-corrected chi connectivity index (χ0v) is 46.8. The van der Waals surface area contributed by atoms with E-state index in [0.717, 1.165) is 41.5 Å². The highest BCUT2D eigenvalue weighted by molar-refractivity contribution is 5.75. The van der Waals surface area contributed by atoms with E-state index >= 15 is 0 Å². The van der Waals surface area contributed by atoms with Gasteiger partial charge >= 0.3 is 0 Å². The number of hydrogen-bond donors (Lipinski definition) is 20. The standard InChI is InChI=1S/C48H80N6O31/c1-13(61)49-25-33(69)38(20(8-56)75-43(25)74)81-45-27(51-15(3)63)35(71)40(22(10-58)77-45)83-47-29(53-17(5)65)37(73)42(24(12-60)79-47)85-48-30(54-18(6)66)36(72)41(23(11-59)80-48)84-46-28(52-16(4)64)34(70)39(21(9-57)78-46)82-44-26(50-14(2)62)32(68)31(67)19(7-55)76-44/h19-48,55-60,67-74H,7-12H2,1-6H3,(H,49,61)(H,50,62)(H,51,63)(H,52,64)(H,53,65)(H,54,66)/t19-,20-,21-,22-,23-,24-,25-,26-,27-,28-,29-,30-,31-,32-,33-,34-,35-,36-,37-,38-,39-,40-,41-,42-,43?,44-,45-,46-,47-,48-/m1/s1. The summed E-state index contributed by atoms with van der Waals surface area (Å²) < 4.78 is 65.4. The molecule has 0 bridgehead atoms. The number of carbonyl (C=O) groups excluding carboxylic acids is 6. The van der Waals surface area contributed by atoms with Crippen molar-refractivity contribution >= 4 is 35.4 Å². The van der Waals surface area contributed by atoms with E-state index in [1.54, 1.807) is 0 Å². The van der Waals surface area contributed by atoms with E-state index in [1.807, 2.05) is 0 Å². The monoisotopic (exact) mass is 1240 g/mol. The van der Waals surface area contributed by atoms with Crippen LogP contribution in [0.4, 0.5) is 0 Å². The lowest BCUT2D eigenvalue weighted by molar-refractivity contribution is -0.370. The Morgan fingerprint density at radius 2 is 0.471 bits per heavy atom. The summed E-state index contributed by atoms with van der Waals surface area (Å²) in [6.07, 6.45) is -43.4. The van der Waals surface area contributed by atoms with Crippen LogP contribution in [0.5, 0.6) is 0 Å². The first-order valence-corrected chi connectivity index (χ1v) is 27.1. The van der Waals surface area contributed by atoms with Crippen LogP contribution in [0.15, 0.2) is 0 Å². The van der Waals surface area contributed by atoms with Gasteiger partial charge in [-0.1, -0.05) is 0 Å². The number of nitrogens with one attached hydrogen (secondary N) is 6. The zero-order valence-electron chi connectivity index (χ0n) is 46.8. The van der Waals surface area contributed by atoms with Gasteiger partial charge in [-0.15, -0.1) is 0 Å². The van der Waals surface area contributed by atoms with Crippen LogP contribution in [0.25, 0.3) is 0 Å². The molecule has 0 aliphatic carbocycles. The van der Waals surface area contributed by atoms with Gasteiger partial charge in [0, 0.05) is 41.5 Å². The molecular weight excluding hydrogens is 1160 g/mol. The summed E-state index contributed by atoms with van der Waals surface area (Å²) in [5.41, 5.74) is 0. The first kappa shape index (κ1) is 69.9. The molecule has 0 radical (unpaired) electrons. The summed E-state index contributed by atoms with van der Waals surface area (Å²) in [5.74, 6) is -4.75. The van der Waals surface area contributed by atoms with E-state index in [4.69, 9.17) is 52.1 Å². The van der Waals surface area contributed by atoms with Crippen molar-refractivity contribution in [1.29, 1.82) is 0 Å². The van der Waals surface area contributed by atoms with Crippen LogP contribution in [0.3, 0.4) is 0 Å². The minimum Gasteiger partial charge on any atom is -0.394 e. The second-order valence-corrected chi connectivity index (χ2v) is 21.2. The lowest BCUT2D eigenvalue weighted by Crippen LogP contribution is -2.72. The molecule has 6 aliphatic rings. The van der Waals surface area contributed by atoms with Crippen LogP contribution in [0, 0.1) is 0 Å². The van der Waals surface area contributed by atoms with Gasteiger partial charge in [-0.25, -0.2) is 0 Å². The van der Waals surface area contributed by atoms with Gasteiger partial charge in [0.05, 0.1) is 39.6 Å². The number of carbonyl (C=O) groups is 6. The van der Waals surface area contributed by atoms with Crippen LogP contribution in [0.1, 0.15) is 41.5 Å². The lowest BCUT2D eigenvalue weighted by Gasteiger charge is -2.51. The summed E-state index contributed by atoms with van der Waals surface area (Å²) in [6, 6.07) is -10.0. The SMILES string of the molecule is CC(=O)N[C@H]1[C@@H](O[C@H]2[C@H](O)[C@@H](NC(C)=O)[C@@H](O[C@H]3[C@H](O)[C@@H](NC(C)=O)C(O)O[C@@H]3CO)O[C@@H]2CO)O[C@H](CO)[C@@H](O[C@H]2O[C@H](CO)[C@@H](O[C@H]3O[C@H](CO)[C@@H](O[C@H]4O[C@H](CO)[C@@H](O)[C@H](O)[C@H]4NC(C)=O)[C@H](O)[C@H]3NC(C)=O)[C@H](O)[C@H]2NC(C)=O)[C@@H]1O. The molecule has 488 valence electrons. The van der Waals surface area contributed by atoms with Crippen LogP contribution < -0.4 is 31.9 Å². The Labute approximate surface area is 483 Å². The Morgan fingerprint density at radius 3 is 0.694 bits per heavy atom. The summed E-state index contributed by atoms with van der Waals surface area (Å²) in [7, 11) is 0. The van der Waals surface area contributed by atoms with E-state index in [9.17, 15) is 100 Å². The molecule has 37 heteroatoms. The molecule has 6 heterocycles. The van der Waals surface area contributed by atoms with Crippen molar-refractivity contribution in [3.05, 3.63) is 0 Å². The molecule has 6 saturated heterocycles. The summed E-state index contributed by atoms with van der Waals surface area (Å²) >= 11 is 0. The topological polar surface area (TPSA) is 559 Å². The molecule has 20 N–H and O–H groups in total. The third kappa shape index (κ3) is 16.4. The van der Waals surface area contributed by atoms with E-state index in [2.05, 4.69) is 31.9 Å². The molecule has 6 rings (SSSR count). The normalized spacial score (nSPS) is 44.0. The Morgan fingerprint density at radius 1 is 0.282 bits per heavy atom. The molecule has 85 heavy (non-hydrogen) atoms. The van der Waals surface area contributed by atoms with Crippen molar-refractivity contribution in [3.8, 4) is 0 Å². The first-order valence-electron chi connectivity index (χ1n) is 27.1. The highest BCUT2D eigenvalue weighted by Crippen LogP contribution is 2.37. The molecule has 30 atom stereocenters. The number of hydrogen-bond acceptors (Lipinski definition) is 31. The molecule has 0 aromatic carbocycles. The van der Waals surface area contributed by atoms with Crippen molar-refractivity contribution in [1.82, 2.24) is 31.9 Å². The summed E-state index contributed by atoms with van der Waals surface area (Å²) in [4.78, 5) is 74.9. The number of aliphatic hydroxyl groups is 14. The van der Waals surface area contributed by atoms with Crippen molar-refractivity contribution < 1.29 is 152 Å². The summed E-state index contributed by atoms with van der Waals surface area (Å²) in [5, 5.41) is 168. The predicted octanol–water partition coefficient (Wildman–Crippen LogP) is -13.2. The second kappa shape index (κ2) is 30.8.